The molecule has 0 aliphatic carbocycles. The second-order valence-electron chi connectivity index (χ2n) is 8.32. The predicted octanol–water partition coefficient (Wildman–Crippen LogP) is 2.29. The smallest absolute Gasteiger partial charge is 0.411 e. The Balaban J connectivity index is 2.17. The van der Waals surface area contributed by atoms with Gasteiger partial charge in [0, 0.05) is 31.6 Å². The van der Waals surface area contributed by atoms with E-state index in [0.717, 1.165) is 39.3 Å². The first kappa shape index (κ1) is 21.0. The van der Waals surface area contributed by atoms with Crippen molar-refractivity contribution in [1.82, 2.24) is 9.80 Å². The normalized spacial score (nSPS) is 27.4. The maximum Gasteiger partial charge on any atom is 0.411 e. The minimum atomic E-state index is -0.599. The van der Waals surface area contributed by atoms with Crippen LogP contribution in [0.25, 0.3) is 0 Å². The average Bonchev–Trinajstić information content (AvgIpc) is 2.95. The van der Waals surface area contributed by atoms with E-state index in [4.69, 9.17) is 14.2 Å². The van der Waals surface area contributed by atoms with Gasteiger partial charge < -0.3 is 14.2 Å². The van der Waals surface area contributed by atoms with E-state index in [1.807, 2.05) is 20.8 Å². The van der Waals surface area contributed by atoms with Crippen molar-refractivity contribution >= 4 is 12.1 Å². The lowest BCUT2D eigenvalue weighted by atomic mass is 9.82. The van der Waals surface area contributed by atoms with Gasteiger partial charge in [-0.2, -0.15) is 0 Å². The number of hydrogen-bond donors (Lipinski definition) is 0. The molecule has 0 unspecified atom stereocenters. The Labute approximate surface area is 156 Å². The summed E-state index contributed by atoms with van der Waals surface area (Å²) >= 11 is 0. The van der Waals surface area contributed by atoms with Crippen molar-refractivity contribution in [3.05, 3.63) is 0 Å². The minimum absolute atomic E-state index is 0.133. The molecule has 0 aromatic heterocycles. The summed E-state index contributed by atoms with van der Waals surface area (Å²) in [6.45, 7) is 14.3. The Hall–Kier alpha value is -1.34. The van der Waals surface area contributed by atoms with Crippen LogP contribution in [-0.4, -0.2) is 79.5 Å². The number of carbonyl (C=O) groups excluding carboxylic acids is 2. The van der Waals surface area contributed by atoms with Gasteiger partial charge in [0.1, 0.15) is 11.6 Å². The summed E-state index contributed by atoms with van der Waals surface area (Å²) in [4.78, 5) is 29.2. The van der Waals surface area contributed by atoms with Crippen molar-refractivity contribution in [1.29, 1.82) is 0 Å². The minimum Gasteiger partial charge on any atom is -0.464 e. The molecule has 2 heterocycles. The highest BCUT2D eigenvalue weighted by atomic mass is 16.6. The predicted molar refractivity (Wildman–Crippen MR) is 98.0 cm³/mol. The lowest BCUT2D eigenvalue weighted by Crippen LogP contribution is -2.46. The first-order valence-electron chi connectivity index (χ1n) is 9.66. The maximum absolute atomic E-state index is 12.7. The molecule has 2 aliphatic heterocycles. The van der Waals surface area contributed by atoms with Crippen LogP contribution in [0.5, 0.6) is 0 Å². The van der Waals surface area contributed by atoms with Crippen LogP contribution < -0.4 is 0 Å². The Morgan fingerprint density at radius 1 is 1.19 bits per heavy atom. The van der Waals surface area contributed by atoms with Crippen LogP contribution in [0.2, 0.25) is 0 Å². The van der Waals surface area contributed by atoms with Crippen LogP contribution in [0.15, 0.2) is 0 Å². The molecule has 26 heavy (non-hydrogen) atoms. The number of likely N-dealkylation sites (tertiary alicyclic amines) is 1. The Morgan fingerprint density at radius 2 is 1.85 bits per heavy atom. The van der Waals surface area contributed by atoms with Crippen LogP contribution in [-0.2, 0) is 19.0 Å². The Bertz CT molecular complexity index is 499. The molecule has 0 spiro atoms. The summed E-state index contributed by atoms with van der Waals surface area (Å²) in [6, 6.07) is -0.578. The van der Waals surface area contributed by atoms with Crippen LogP contribution in [0.3, 0.4) is 0 Å². The molecule has 2 rings (SSSR count). The molecule has 0 saturated carbocycles. The van der Waals surface area contributed by atoms with Crippen molar-refractivity contribution in [2.24, 2.45) is 5.41 Å². The summed E-state index contributed by atoms with van der Waals surface area (Å²) in [6.07, 6.45) is 1.06. The van der Waals surface area contributed by atoms with Crippen LogP contribution in [0, 0.1) is 5.41 Å². The lowest BCUT2D eigenvalue weighted by molar-refractivity contribution is -0.148. The van der Waals surface area contributed by atoms with Crippen LogP contribution >= 0.6 is 0 Å². The van der Waals surface area contributed by atoms with E-state index in [0.29, 0.717) is 19.6 Å². The van der Waals surface area contributed by atoms with E-state index in [2.05, 4.69) is 11.8 Å². The van der Waals surface area contributed by atoms with E-state index in [-0.39, 0.29) is 11.4 Å². The zero-order valence-electron chi connectivity index (χ0n) is 16.9. The van der Waals surface area contributed by atoms with Crippen molar-refractivity contribution in [2.75, 3.05) is 46.0 Å². The number of amides is 1. The zero-order valence-corrected chi connectivity index (χ0v) is 16.9. The van der Waals surface area contributed by atoms with Gasteiger partial charge in [0.05, 0.1) is 19.8 Å². The second kappa shape index (κ2) is 8.57. The molecule has 150 valence electrons. The monoisotopic (exact) mass is 370 g/mol. The number of esters is 1. The molecule has 0 aromatic carbocycles. The molecular weight excluding hydrogens is 336 g/mol. The number of carbonyl (C=O) groups is 2. The van der Waals surface area contributed by atoms with E-state index in [9.17, 15) is 9.59 Å². The summed E-state index contributed by atoms with van der Waals surface area (Å²) < 4.78 is 16.2. The Kier molecular flexibility index (Phi) is 6.91. The quantitative estimate of drug-likeness (QED) is 0.692. The molecule has 0 aromatic rings. The molecule has 2 fully saturated rings. The highest BCUT2D eigenvalue weighted by molar-refractivity contribution is 5.82. The fraction of sp³-hybridized carbons (Fsp3) is 0.895. The third-order valence-corrected chi connectivity index (χ3v) is 5.11. The fourth-order valence-corrected chi connectivity index (χ4v) is 3.73. The van der Waals surface area contributed by atoms with Gasteiger partial charge in [0.15, 0.2) is 0 Å². The van der Waals surface area contributed by atoms with Gasteiger partial charge in [0.2, 0.25) is 0 Å². The number of ether oxygens (including phenoxy) is 3. The second-order valence-corrected chi connectivity index (χ2v) is 8.32. The molecule has 7 nitrogen and oxygen atoms in total. The summed E-state index contributed by atoms with van der Waals surface area (Å²) in [5.74, 6) is -0.337. The molecule has 0 bridgehead atoms. The van der Waals surface area contributed by atoms with Crippen molar-refractivity contribution < 1.29 is 23.8 Å². The molecule has 7 heteroatoms. The van der Waals surface area contributed by atoms with Gasteiger partial charge in [-0.05, 0) is 40.5 Å². The Morgan fingerprint density at radius 3 is 2.38 bits per heavy atom. The summed E-state index contributed by atoms with van der Waals surface area (Å²) in [5.41, 5.74) is -0.732. The first-order chi connectivity index (χ1) is 12.2. The molecule has 0 radical (unpaired) electrons. The number of hydrogen-bond acceptors (Lipinski definition) is 6. The van der Waals surface area contributed by atoms with Gasteiger partial charge in [-0.15, -0.1) is 0 Å². The van der Waals surface area contributed by atoms with Crippen molar-refractivity contribution in [2.45, 2.75) is 59.1 Å². The van der Waals surface area contributed by atoms with Crippen LogP contribution in [0.4, 0.5) is 4.79 Å². The number of morpholine rings is 1. The fourth-order valence-electron chi connectivity index (χ4n) is 3.73. The standard InChI is InChI=1S/C19H34N2O5/c1-6-19(13-20-8-10-24-11-9-20)12-15(16(22)25-7-2)21(14-19)17(23)26-18(3,4)5/h15H,6-14H2,1-5H3/t15-,19+/m0/s1. The highest BCUT2D eigenvalue weighted by Gasteiger charge is 2.50. The average molecular weight is 370 g/mol. The summed E-state index contributed by atoms with van der Waals surface area (Å²) in [7, 11) is 0. The van der Waals surface area contributed by atoms with E-state index in [1.165, 1.54) is 0 Å². The maximum atomic E-state index is 12.7. The lowest BCUT2D eigenvalue weighted by Gasteiger charge is -2.36. The zero-order chi connectivity index (χ0) is 19.4. The molecular formula is C19H34N2O5. The number of nitrogens with zero attached hydrogens (tertiary/aromatic N) is 2. The van der Waals surface area contributed by atoms with Gasteiger partial charge >= 0.3 is 12.1 Å². The topological polar surface area (TPSA) is 68.3 Å². The van der Waals surface area contributed by atoms with Crippen LogP contribution in [0.1, 0.15) is 47.5 Å². The van der Waals surface area contributed by atoms with Gasteiger partial charge in [0.25, 0.3) is 0 Å². The summed E-state index contributed by atoms with van der Waals surface area (Å²) in [5, 5.41) is 0. The van der Waals surface area contributed by atoms with Crippen molar-refractivity contribution in [3.8, 4) is 0 Å². The molecule has 1 amide bonds. The molecule has 2 aliphatic rings. The van der Waals surface area contributed by atoms with E-state index < -0.39 is 17.7 Å². The van der Waals surface area contributed by atoms with Gasteiger partial charge in [-0.25, -0.2) is 9.59 Å². The third-order valence-electron chi connectivity index (χ3n) is 5.11. The SMILES string of the molecule is CCOC(=O)[C@@H]1C[C@](CC)(CN2CCOCC2)CN1C(=O)OC(C)(C)C. The number of rotatable bonds is 5. The molecule has 2 saturated heterocycles. The largest absolute Gasteiger partial charge is 0.464 e. The van der Waals surface area contributed by atoms with E-state index >= 15 is 0 Å². The first-order valence-corrected chi connectivity index (χ1v) is 9.66. The van der Waals surface area contributed by atoms with Gasteiger partial charge in [-0.1, -0.05) is 6.92 Å². The van der Waals surface area contributed by atoms with E-state index in [1.54, 1.807) is 11.8 Å². The molecule has 0 N–H and O–H groups in total. The third kappa shape index (κ3) is 5.33. The van der Waals surface area contributed by atoms with Crippen molar-refractivity contribution in [3.63, 3.8) is 0 Å². The highest BCUT2D eigenvalue weighted by Crippen LogP contribution is 2.40. The van der Waals surface area contributed by atoms with Gasteiger partial charge in [-0.3, -0.25) is 9.80 Å². The molecule has 2 atom stereocenters.